The predicted octanol–water partition coefficient (Wildman–Crippen LogP) is 3.01. The summed E-state index contributed by atoms with van der Waals surface area (Å²) in [7, 11) is 0. The Labute approximate surface area is 148 Å². The van der Waals surface area contributed by atoms with Crippen molar-refractivity contribution in [1.82, 2.24) is 15.2 Å². The van der Waals surface area contributed by atoms with Crippen molar-refractivity contribution in [2.24, 2.45) is 11.8 Å². The molecule has 1 saturated heterocycles. The summed E-state index contributed by atoms with van der Waals surface area (Å²) in [4.78, 5) is 18.9. The van der Waals surface area contributed by atoms with E-state index >= 15 is 0 Å². The van der Waals surface area contributed by atoms with Crippen LogP contribution in [0.4, 0.5) is 0 Å². The zero-order chi connectivity index (χ0) is 17.2. The van der Waals surface area contributed by atoms with E-state index < -0.39 is 0 Å². The summed E-state index contributed by atoms with van der Waals surface area (Å²) in [5.74, 6) is 1.67. The highest BCUT2D eigenvalue weighted by Crippen LogP contribution is 2.37. The fourth-order valence-electron chi connectivity index (χ4n) is 4.40. The summed E-state index contributed by atoms with van der Waals surface area (Å²) in [5, 5.41) is 3.15. The van der Waals surface area contributed by atoms with Crippen LogP contribution in [0.25, 0.3) is 0 Å². The lowest BCUT2D eigenvalue weighted by Crippen LogP contribution is -2.40. The van der Waals surface area contributed by atoms with E-state index in [1.54, 1.807) is 6.92 Å². The number of nitrogens with one attached hydrogen (secondary N) is 1. The topological polar surface area (TPSA) is 58.4 Å². The van der Waals surface area contributed by atoms with E-state index in [9.17, 15) is 4.79 Å². The normalized spacial score (nSPS) is 26.4. The maximum atomic E-state index is 12.3. The van der Waals surface area contributed by atoms with E-state index in [1.807, 2.05) is 0 Å². The SMILES string of the molecule is Cc1ncoc1C(=O)NC1CC[C@@H]2CN(Cc3ccccc3)C[C@@H]2C1. The lowest BCUT2D eigenvalue weighted by atomic mass is 9.79. The molecule has 132 valence electrons. The Bertz CT molecular complexity index is 728. The average molecular weight is 339 g/mol. The van der Waals surface area contributed by atoms with Crippen LogP contribution in [0.3, 0.4) is 0 Å². The van der Waals surface area contributed by atoms with E-state index in [1.165, 1.54) is 24.9 Å². The molecule has 5 nitrogen and oxygen atoms in total. The maximum Gasteiger partial charge on any atom is 0.289 e. The first-order chi connectivity index (χ1) is 12.2. The Morgan fingerprint density at radius 1 is 1.24 bits per heavy atom. The number of nitrogens with zero attached hydrogens (tertiary/aromatic N) is 2. The molecule has 1 N–H and O–H groups in total. The molecule has 1 aromatic carbocycles. The quantitative estimate of drug-likeness (QED) is 0.930. The van der Waals surface area contributed by atoms with Crippen LogP contribution in [-0.2, 0) is 6.54 Å². The molecule has 1 aliphatic heterocycles. The molecule has 2 heterocycles. The number of rotatable bonds is 4. The molecular formula is C20H25N3O2. The van der Waals surface area contributed by atoms with E-state index in [-0.39, 0.29) is 11.9 Å². The second kappa shape index (κ2) is 7.00. The molecule has 1 aromatic heterocycles. The van der Waals surface area contributed by atoms with Crippen LogP contribution in [-0.4, -0.2) is 34.9 Å². The Kier molecular flexibility index (Phi) is 4.57. The van der Waals surface area contributed by atoms with Gasteiger partial charge in [-0.25, -0.2) is 4.98 Å². The van der Waals surface area contributed by atoms with Gasteiger partial charge in [-0.05, 0) is 43.6 Å². The van der Waals surface area contributed by atoms with Crippen molar-refractivity contribution in [1.29, 1.82) is 0 Å². The van der Waals surface area contributed by atoms with Gasteiger partial charge in [0.15, 0.2) is 6.39 Å². The van der Waals surface area contributed by atoms with Crippen molar-refractivity contribution in [2.75, 3.05) is 13.1 Å². The third-order valence-corrected chi connectivity index (χ3v) is 5.66. The Hall–Kier alpha value is -2.14. The van der Waals surface area contributed by atoms with Crippen LogP contribution in [0.15, 0.2) is 41.1 Å². The molecule has 25 heavy (non-hydrogen) atoms. The zero-order valence-corrected chi connectivity index (χ0v) is 14.6. The second-order valence-electron chi connectivity index (χ2n) is 7.45. The second-order valence-corrected chi connectivity index (χ2v) is 7.45. The van der Waals surface area contributed by atoms with Gasteiger partial charge < -0.3 is 9.73 Å². The zero-order valence-electron chi connectivity index (χ0n) is 14.6. The molecule has 1 amide bonds. The van der Waals surface area contributed by atoms with E-state index in [0.717, 1.165) is 31.8 Å². The van der Waals surface area contributed by atoms with Crippen LogP contribution in [0.2, 0.25) is 0 Å². The monoisotopic (exact) mass is 339 g/mol. The molecule has 2 aromatic rings. The number of likely N-dealkylation sites (tertiary alicyclic amines) is 1. The molecule has 1 aliphatic carbocycles. The first-order valence-corrected chi connectivity index (χ1v) is 9.16. The van der Waals surface area contributed by atoms with Crippen molar-refractivity contribution in [3.63, 3.8) is 0 Å². The molecule has 2 fully saturated rings. The van der Waals surface area contributed by atoms with Gasteiger partial charge in [0.1, 0.15) is 0 Å². The molecule has 5 heteroatoms. The number of hydrogen-bond donors (Lipinski definition) is 1. The molecule has 0 radical (unpaired) electrons. The fraction of sp³-hybridized carbons (Fsp3) is 0.500. The average Bonchev–Trinajstić information content (AvgIpc) is 3.21. The Morgan fingerprint density at radius 3 is 2.80 bits per heavy atom. The van der Waals surface area contributed by atoms with Crippen molar-refractivity contribution in [2.45, 2.75) is 38.8 Å². The van der Waals surface area contributed by atoms with Crippen molar-refractivity contribution in [3.8, 4) is 0 Å². The minimum atomic E-state index is -0.127. The van der Waals surface area contributed by atoms with Gasteiger partial charge in [-0.3, -0.25) is 9.69 Å². The van der Waals surface area contributed by atoms with Gasteiger partial charge in [0.05, 0.1) is 5.69 Å². The number of fused-ring (bicyclic) bond motifs is 1. The summed E-state index contributed by atoms with van der Waals surface area (Å²) in [5.41, 5.74) is 2.04. The molecule has 1 saturated carbocycles. The number of aromatic nitrogens is 1. The number of aryl methyl sites for hydroxylation is 1. The first-order valence-electron chi connectivity index (χ1n) is 9.16. The summed E-state index contributed by atoms with van der Waals surface area (Å²) in [6.07, 6.45) is 4.64. The minimum absolute atomic E-state index is 0.127. The lowest BCUT2D eigenvalue weighted by molar-refractivity contribution is 0.0884. The molecular weight excluding hydrogens is 314 g/mol. The van der Waals surface area contributed by atoms with Crippen molar-refractivity contribution in [3.05, 3.63) is 53.7 Å². The van der Waals surface area contributed by atoms with Gasteiger partial charge in [-0.2, -0.15) is 0 Å². The summed E-state index contributed by atoms with van der Waals surface area (Å²) >= 11 is 0. The first kappa shape index (κ1) is 16.3. The molecule has 4 rings (SSSR count). The van der Waals surface area contributed by atoms with E-state index in [2.05, 4.69) is 45.5 Å². The van der Waals surface area contributed by atoms with Gasteiger partial charge in [0.25, 0.3) is 5.91 Å². The van der Waals surface area contributed by atoms with Crippen LogP contribution >= 0.6 is 0 Å². The fourth-order valence-corrected chi connectivity index (χ4v) is 4.40. The van der Waals surface area contributed by atoms with E-state index in [4.69, 9.17) is 4.42 Å². The summed E-state index contributed by atoms with van der Waals surface area (Å²) < 4.78 is 5.21. The van der Waals surface area contributed by atoms with Crippen molar-refractivity contribution >= 4 is 5.91 Å². The Balaban J connectivity index is 1.32. The summed E-state index contributed by atoms with van der Waals surface area (Å²) in [6.45, 7) is 5.14. The molecule has 0 bridgehead atoms. The maximum absolute atomic E-state index is 12.3. The molecule has 2 aliphatic rings. The number of carbonyl (C=O) groups excluding carboxylic acids is 1. The van der Waals surface area contributed by atoms with Crippen LogP contribution in [0.5, 0.6) is 0 Å². The van der Waals surface area contributed by atoms with Gasteiger partial charge in [-0.1, -0.05) is 30.3 Å². The van der Waals surface area contributed by atoms with Crippen LogP contribution < -0.4 is 5.32 Å². The highest BCUT2D eigenvalue weighted by atomic mass is 16.3. The highest BCUT2D eigenvalue weighted by molar-refractivity contribution is 5.92. The number of hydrogen-bond acceptors (Lipinski definition) is 4. The number of carbonyl (C=O) groups is 1. The largest absolute Gasteiger partial charge is 0.438 e. The predicted molar refractivity (Wildman–Crippen MR) is 95.0 cm³/mol. The van der Waals surface area contributed by atoms with Gasteiger partial charge >= 0.3 is 0 Å². The standard InChI is InChI=1S/C20H25N3O2/c1-14-19(25-13-21-14)20(24)22-18-8-7-16-11-23(12-17(16)9-18)10-15-5-3-2-4-6-15/h2-6,13,16-18H,7-12H2,1H3,(H,22,24)/t16-,17+,18?/m1/s1. The van der Waals surface area contributed by atoms with Crippen LogP contribution in [0, 0.1) is 18.8 Å². The lowest BCUT2D eigenvalue weighted by Gasteiger charge is -2.31. The van der Waals surface area contributed by atoms with Crippen molar-refractivity contribution < 1.29 is 9.21 Å². The van der Waals surface area contributed by atoms with Gasteiger partial charge in [0.2, 0.25) is 5.76 Å². The van der Waals surface area contributed by atoms with Gasteiger partial charge in [-0.15, -0.1) is 0 Å². The third kappa shape index (κ3) is 3.61. The molecule has 3 atom stereocenters. The minimum Gasteiger partial charge on any atom is -0.438 e. The number of oxazole rings is 1. The molecule has 0 spiro atoms. The smallest absolute Gasteiger partial charge is 0.289 e. The number of benzene rings is 1. The summed E-state index contributed by atoms with van der Waals surface area (Å²) in [6, 6.07) is 10.9. The number of amides is 1. The van der Waals surface area contributed by atoms with Crippen LogP contribution in [0.1, 0.15) is 41.1 Å². The third-order valence-electron chi connectivity index (χ3n) is 5.66. The van der Waals surface area contributed by atoms with E-state index in [0.29, 0.717) is 17.4 Å². The van der Waals surface area contributed by atoms with Gasteiger partial charge in [0, 0.05) is 25.7 Å². The highest BCUT2D eigenvalue weighted by Gasteiger charge is 2.38. The molecule has 1 unspecified atom stereocenters. The Morgan fingerprint density at radius 2 is 2.04 bits per heavy atom.